The Bertz CT molecular complexity index is 1230. The van der Waals surface area contributed by atoms with Crippen molar-refractivity contribution in [3.63, 3.8) is 0 Å². The maximum atomic E-state index is 13.2. The predicted octanol–water partition coefficient (Wildman–Crippen LogP) is 5.32. The lowest BCUT2D eigenvalue weighted by Gasteiger charge is -2.23. The first kappa shape index (κ1) is 26.2. The van der Waals surface area contributed by atoms with E-state index in [1.54, 1.807) is 43.5 Å². The van der Waals surface area contributed by atoms with E-state index in [4.69, 9.17) is 4.74 Å². The maximum Gasteiger partial charge on any atom is 0.251 e. The molecule has 0 saturated heterocycles. The molecule has 0 aliphatic rings. The maximum absolute atomic E-state index is 13.2. The number of carbonyl (C=O) groups is 1. The largest absolute Gasteiger partial charge is 0.497 e. The summed E-state index contributed by atoms with van der Waals surface area (Å²) >= 11 is 0. The van der Waals surface area contributed by atoms with Crippen LogP contribution in [0.5, 0.6) is 5.75 Å². The Balaban J connectivity index is 1.79. The first-order chi connectivity index (χ1) is 16.6. The molecule has 6 nitrogen and oxygen atoms in total. The summed E-state index contributed by atoms with van der Waals surface area (Å²) in [5.41, 5.74) is 2.47. The highest BCUT2D eigenvalue weighted by Gasteiger charge is 2.20. The fourth-order valence-electron chi connectivity index (χ4n) is 3.76. The number of nitrogens with zero attached hydrogens (tertiary/aromatic N) is 1. The topological polar surface area (TPSA) is 75.7 Å². The summed E-state index contributed by atoms with van der Waals surface area (Å²) in [6, 6.07) is 19.5. The summed E-state index contributed by atoms with van der Waals surface area (Å²) in [4.78, 5) is 13.0. The average Bonchev–Trinajstić information content (AvgIpc) is 2.82. The summed E-state index contributed by atoms with van der Waals surface area (Å²) in [6.07, 6.45) is 1.87. The van der Waals surface area contributed by atoms with Crippen molar-refractivity contribution in [1.82, 2.24) is 5.32 Å². The number of halogens is 1. The molecule has 0 saturated carbocycles. The Morgan fingerprint density at radius 1 is 0.971 bits per heavy atom. The lowest BCUT2D eigenvalue weighted by Crippen LogP contribution is -2.30. The average molecular weight is 499 g/mol. The van der Waals surface area contributed by atoms with Crippen LogP contribution in [-0.2, 0) is 16.6 Å². The van der Waals surface area contributed by atoms with Crippen molar-refractivity contribution in [3.8, 4) is 5.75 Å². The van der Waals surface area contributed by atoms with Gasteiger partial charge in [-0.15, -0.1) is 0 Å². The fourth-order valence-corrected chi connectivity index (χ4v) is 4.65. The third-order valence-corrected chi connectivity index (χ3v) is 6.73. The smallest absolute Gasteiger partial charge is 0.251 e. The summed E-state index contributed by atoms with van der Waals surface area (Å²) < 4.78 is 44.6. The summed E-state index contributed by atoms with van der Waals surface area (Å²) in [5.74, 6) is 0.470. The van der Waals surface area contributed by atoms with Crippen molar-refractivity contribution in [2.75, 3.05) is 17.7 Å². The molecule has 1 atom stereocenters. The number of hydrogen-bond donors (Lipinski definition) is 1. The fraction of sp³-hybridized carbons (Fsp3) is 0.296. The molecule has 0 bridgehead atoms. The van der Waals surface area contributed by atoms with Gasteiger partial charge in [-0.05, 0) is 72.0 Å². The molecule has 35 heavy (non-hydrogen) atoms. The third kappa shape index (κ3) is 7.29. The van der Waals surface area contributed by atoms with Gasteiger partial charge < -0.3 is 10.1 Å². The molecular formula is C27H31FN2O4S. The van der Waals surface area contributed by atoms with Crippen LogP contribution in [-0.4, -0.2) is 27.7 Å². The molecule has 186 valence electrons. The van der Waals surface area contributed by atoms with E-state index in [2.05, 4.69) is 19.2 Å². The van der Waals surface area contributed by atoms with Gasteiger partial charge in [-0.25, -0.2) is 12.8 Å². The van der Waals surface area contributed by atoms with E-state index in [0.29, 0.717) is 22.7 Å². The molecule has 0 spiro atoms. The van der Waals surface area contributed by atoms with E-state index in [9.17, 15) is 17.6 Å². The van der Waals surface area contributed by atoms with Crippen LogP contribution >= 0.6 is 0 Å². The molecule has 0 unspecified atom stereocenters. The van der Waals surface area contributed by atoms with Crippen LogP contribution in [0.4, 0.5) is 10.1 Å². The summed E-state index contributed by atoms with van der Waals surface area (Å²) in [7, 11) is -2.00. The Labute approximate surface area is 206 Å². The lowest BCUT2D eigenvalue weighted by atomic mass is 9.96. The van der Waals surface area contributed by atoms with E-state index in [-0.39, 0.29) is 24.3 Å². The SMILES string of the molecule is COc1ccc([C@@H](CC(C)C)NC(=O)c2ccc(N(Cc3ccc(F)cc3)S(C)(=O)=O)cc2)cc1. The van der Waals surface area contributed by atoms with Gasteiger partial charge in [0.1, 0.15) is 11.6 Å². The zero-order valence-corrected chi connectivity index (χ0v) is 21.2. The molecule has 0 radical (unpaired) electrons. The Morgan fingerprint density at radius 2 is 1.57 bits per heavy atom. The second-order valence-electron chi connectivity index (χ2n) is 8.87. The molecule has 0 heterocycles. The molecular weight excluding hydrogens is 467 g/mol. The molecule has 0 aliphatic carbocycles. The monoisotopic (exact) mass is 498 g/mol. The second kappa shape index (κ2) is 11.4. The van der Waals surface area contributed by atoms with Gasteiger partial charge in [-0.3, -0.25) is 9.10 Å². The minimum absolute atomic E-state index is 0.0542. The van der Waals surface area contributed by atoms with Gasteiger partial charge in [-0.2, -0.15) is 0 Å². The quantitative estimate of drug-likeness (QED) is 0.411. The number of anilines is 1. The van der Waals surface area contributed by atoms with Crippen molar-refractivity contribution in [3.05, 3.63) is 95.3 Å². The van der Waals surface area contributed by atoms with Gasteiger partial charge in [0.2, 0.25) is 10.0 Å². The zero-order chi connectivity index (χ0) is 25.6. The van der Waals surface area contributed by atoms with E-state index in [1.807, 2.05) is 24.3 Å². The van der Waals surface area contributed by atoms with Crippen LogP contribution < -0.4 is 14.4 Å². The first-order valence-electron chi connectivity index (χ1n) is 11.3. The van der Waals surface area contributed by atoms with Crippen molar-refractivity contribution in [2.45, 2.75) is 32.9 Å². The van der Waals surface area contributed by atoms with Crippen LogP contribution in [0.2, 0.25) is 0 Å². The molecule has 8 heteroatoms. The highest BCUT2D eigenvalue weighted by Crippen LogP contribution is 2.25. The van der Waals surface area contributed by atoms with Crippen molar-refractivity contribution in [1.29, 1.82) is 0 Å². The molecule has 3 aromatic rings. The second-order valence-corrected chi connectivity index (χ2v) is 10.8. The van der Waals surface area contributed by atoms with Gasteiger partial charge in [0.15, 0.2) is 0 Å². The van der Waals surface area contributed by atoms with Crippen LogP contribution in [0, 0.1) is 11.7 Å². The molecule has 3 aromatic carbocycles. The number of amides is 1. The molecule has 1 N–H and O–H groups in total. The van der Waals surface area contributed by atoms with Crippen molar-refractivity contribution < 1.29 is 22.3 Å². The first-order valence-corrected chi connectivity index (χ1v) is 13.2. The molecule has 0 aliphatic heterocycles. The van der Waals surface area contributed by atoms with Crippen LogP contribution in [0.3, 0.4) is 0 Å². The van der Waals surface area contributed by atoms with Crippen LogP contribution in [0.1, 0.15) is 47.8 Å². The molecule has 0 aromatic heterocycles. The van der Waals surface area contributed by atoms with E-state index < -0.39 is 10.0 Å². The predicted molar refractivity (Wildman–Crippen MR) is 137 cm³/mol. The Kier molecular flexibility index (Phi) is 8.51. The van der Waals surface area contributed by atoms with Crippen LogP contribution in [0.25, 0.3) is 0 Å². The normalized spacial score (nSPS) is 12.3. The van der Waals surface area contributed by atoms with Gasteiger partial charge >= 0.3 is 0 Å². The lowest BCUT2D eigenvalue weighted by molar-refractivity contribution is 0.0932. The number of rotatable bonds is 10. The van der Waals surface area contributed by atoms with Crippen molar-refractivity contribution in [2.24, 2.45) is 5.92 Å². The van der Waals surface area contributed by atoms with Gasteiger partial charge in [0.05, 0.1) is 31.6 Å². The number of benzene rings is 3. The summed E-state index contributed by atoms with van der Waals surface area (Å²) in [6.45, 7) is 4.25. The highest BCUT2D eigenvalue weighted by atomic mass is 32.2. The number of ether oxygens (including phenoxy) is 1. The summed E-state index contributed by atoms with van der Waals surface area (Å²) in [5, 5.41) is 3.10. The number of hydrogen-bond acceptors (Lipinski definition) is 4. The minimum atomic E-state index is -3.60. The van der Waals surface area contributed by atoms with Crippen molar-refractivity contribution >= 4 is 21.6 Å². The molecule has 0 fully saturated rings. The van der Waals surface area contributed by atoms with Gasteiger partial charge in [0, 0.05) is 5.56 Å². The molecule has 3 rings (SSSR count). The van der Waals surface area contributed by atoms with E-state index >= 15 is 0 Å². The zero-order valence-electron chi connectivity index (χ0n) is 20.4. The number of methoxy groups -OCH3 is 1. The van der Waals surface area contributed by atoms with Gasteiger partial charge in [0.25, 0.3) is 5.91 Å². The Morgan fingerprint density at radius 3 is 2.09 bits per heavy atom. The number of carbonyl (C=O) groups excluding carboxylic acids is 1. The number of nitrogens with one attached hydrogen (secondary N) is 1. The van der Waals surface area contributed by atoms with Crippen LogP contribution in [0.15, 0.2) is 72.8 Å². The van der Waals surface area contributed by atoms with E-state index in [1.165, 1.54) is 16.4 Å². The minimum Gasteiger partial charge on any atom is -0.497 e. The molecule has 1 amide bonds. The third-order valence-electron chi connectivity index (χ3n) is 5.59. The standard InChI is InChI=1S/C27H31FN2O4S/c1-19(2)17-26(21-9-15-25(34-3)16-10-21)29-27(31)22-7-13-24(14-8-22)30(35(4,32)33)18-20-5-11-23(28)12-6-20/h5-16,19,26H,17-18H2,1-4H3,(H,29,31)/t26-/m1/s1. The highest BCUT2D eigenvalue weighted by molar-refractivity contribution is 7.92. The van der Waals surface area contributed by atoms with E-state index in [0.717, 1.165) is 24.0 Å². The van der Waals surface area contributed by atoms with Gasteiger partial charge in [-0.1, -0.05) is 38.1 Å². The number of sulfonamides is 1. The Hall–Kier alpha value is -3.39.